The number of benzene rings is 2. The van der Waals surface area contributed by atoms with Crippen molar-refractivity contribution in [2.24, 2.45) is 5.73 Å². The van der Waals surface area contributed by atoms with Gasteiger partial charge in [0.25, 0.3) is 0 Å². The summed E-state index contributed by atoms with van der Waals surface area (Å²) in [5, 5.41) is 10.2. The van der Waals surface area contributed by atoms with Crippen LogP contribution in [0.15, 0.2) is 54.7 Å². The fraction of sp³-hybridized carbons (Fsp3) is 0.286. The third-order valence-electron chi connectivity index (χ3n) is 4.63. The van der Waals surface area contributed by atoms with E-state index in [2.05, 4.69) is 48.7 Å². The summed E-state index contributed by atoms with van der Waals surface area (Å²) in [6, 6.07) is 15.8. The summed E-state index contributed by atoms with van der Waals surface area (Å²) in [4.78, 5) is 11.1. The molecule has 0 saturated heterocycles. The molecule has 3 aromatic rings. The standard InChI is InChI=1S/C21H24N2O2/c1-14(2)16-9-7-15(8-10-16)12-23-13-17(11-19(22)21(24)25)18-5-3-4-6-20(18)23/h3-10,13-14,19H,11-12,22H2,1-2H3,(H,24,25)/t19-/m0/s1. The first-order chi connectivity index (χ1) is 12.0. The lowest BCUT2D eigenvalue weighted by molar-refractivity contribution is -0.138. The van der Waals surface area contributed by atoms with Crippen molar-refractivity contribution in [2.75, 3.05) is 0 Å². The van der Waals surface area contributed by atoms with Crippen molar-refractivity contribution in [1.29, 1.82) is 0 Å². The highest BCUT2D eigenvalue weighted by molar-refractivity contribution is 5.85. The third kappa shape index (κ3) is 3.74. The highest BCUT2D eigenvalue weighted by atomic mass is 16.4. The Kier molecular flexibility index (Phi) is 4.91. The second-order valence-corrected chi connectivity index (χ2v) is 6.84. The molecule has 3 N–H and O–H groups in total. The van der Waals surface area contributed by atoms with E-state index in [1.54, 1.807) is 0 Å². The smallest absolute Gasteiger partial charge is 0.320 e. The van der Waals surface area contributed by atoms with Crippen LogP contribution in [0.25, 0.3) is 10.9 Å². The van der Waals surface area contributed by atoms with Crippen molar-refractivity contribution in [2.45, 2.75) is 38.8 Å². The van der Waals surface area contributed by atoms with Crippen molar-refractivity contribution < 1.29 is 9.90 Å². The zero-order valence-electron chi connectivity index (χ0n) is 14.6. The average molecular weight is 336 g/mol. The van der Waals surface area contributed by atoms with Gasteiger partial charge in [0, 0.05) is 30.1 Å². The summed E-state index contributed by atoms with van der Waals surface area (Å²) in [5.74, 6) is -0.452. The molecule has 2 aromatic carbocycles. The summed E-state index contributed by atoms with van der Waals surface area (Å²) < 4.78 is 2.17. The number of nitrogens with two attached hydrogens (primary N) is 1. The number of rotatable bonds is 6. The third-order valence-corrected chi connectivity index (χ3v) is 4.63. The van der Waals surface area contributed by atoms with Crippen LogP contribution in [0.1, 0.15) is 36.5 Å². The maximum atomic E-state index is 11.1. The van der Waals surface area contributed by atoms with Crippen molar-refractivity contribution in [3.8, 4) is 0 Å². The van der Waals surface area contributed by atoms with Gasteiger partial charge in [-0.3, -0.25) is 4.79 Å². The molecule has 0 aliphatic carbocycles. The minimum Gasteiger partial charge on any atom is -0.480 e. The first-order valence-electron chi connectivity index (χ1n) is 8.59. The minimum absolute atomic E-state index is 0.329. The molecule has 0 fully saturated rings. The topological polar surface area (TPSA) is 68.2 Å². The van der Waals surface area contributed by atoms with E-state index < -0.39 is 12.0 Å². The number of carboxylic acid groups (broad SMARTS) is 1. The molecule has 1 heterocycles. The van der Waals surface area contributed by atoms with E-state index in [9.17, 15) is 4.79 Å². The van der Waals surface area contributed by atoms with Crippen LogP contribution in [-0.4, -0.2) is 21.7 Å². The largest absolute Gasteiger partial charge is 0.480 e. The lowest BCUT2D eigenvalue weighted by atomic mass is 10.0. The number of nitrogens with zero attached hydrogens (tertiary/aromatic N) is 1. The number of aromatic nitrogens is 1. The molecule has 0 bridgehead atoms. The number of fused-ring (bicyclic) bond motifs is 1. The molecule has 25 heavy (non-hydrogen) atoms. The van der Waals surface area contributed by atoms with Gasteiger partial charge in [0.2, 0.25) is 0 Å². The van der Waals surface area contributed by atoms with E-state index >= 15 is 0 Å². The number of hydrogen-bond donors (Lipinski definition) is 2. The first kappa shape index (κ1) is 17.2. The van der Waals surface area contributed by atoms with E-state index in [0.29, 0.717) is 12.3 Å². The van der Waals surface area contributed by atoms with Crippen LogP contribution >= 0.6 is 0 Å². The molecule has 0 aliphatic rings. The first-order valence-corrected chi connectivity index (χ1v) is 8.59. The summed E-state index contributed by atoms with van der Waals surface area (Å²) in [5.41, 5.74) is 10.4. The molecular formula is C21H24N2O2. The predicted molar refractivity (Wildman–Crippen MR) is 101 cm³/mol. The van der Waals surface area contributed by atoms with E-state index in [0.717, 1.165) is 23.0 Å². The Morgan fingerprint density at radius 2 is 1.80 bits per heavy atom. The summed E-state index contributed by atoms with van der Waals surface area (Å²) >= 11 is 0. The van der Waals surface area contributed by atoms with Crippen LogP contribution < -0.4 is 5.73 Å². The molecule has 0 spiro atoms. The normalized spacial score (nSPS) is 12.6. The lowest BCUT2D eigenvalue weighted by Gasteiger charge is -2.09. The Morgan fingerprint density at radius 3 is 2.44 bits per heavy atom. The van der Waals surface area contributed by atoms with E-state index in [1.807, 2.05) is 24.4 Å². The lowest BCUT2D eigenvalue weighted by Crippen LogP contribution is -2.32. The summed E-state index contributed by atoms with van der Waals surface area (Å²) in [6.07, 6.45) is 2.36. The molecule has 0 unspecified atom stereocenters. The Labute approximate surface area is 147 Å². The maximum absolute atomic E-state index is 11.1. The van der Waals surface area contributed by atoms with Crippen molar-refractivity contribution in [3.63, 3.8) is 0 Å². The predicted octanol–water partition coefficient (Wildman–Crippen LogP) is 3.77. The second kappa shape index (κ2) is 7.11. The molecule has 0 aliphatic heterocycles. The van der Waals surface area contributed by atoms with Gasteiger partial charge < -0.3 is 15.4 Å². The summed E-state index contributed by atoms with van der Waals surface area (Å²) in [6.45, 7) is 5.13. The van der Waals surface area contributed by atoms with Gasteiger partial charge >= 0.3 is 5.97 Å². The highest BCUT2D eigenvalue weighted by Gasteiger charge is 2.16. The van der Waals surface area contributed by atoms with Gasteiger partial charge in [-0.25, -0.2) is 0 Å². The maximum Gasteiger partial charge on any atom is 0.320 e. The molecule has 4 nitrogen and oxygen atoms in total. The number of carboxylic acids is 1. The van der Waals surface area contributed by atoms with Crippen molar-refractivity contribution in [1.82, 2.24) is 4.57 Å². The number of para-hydroxylation sites is 1. The molecular weight excluding hydrogens is 312 g/mol. The number of aliphatic carboxylic acids is 1. The molecule has 0 saturated carbocycles. The van der Waals surface area contributed by atoms with Crippen LogP contribution in [0, 0.1) is 0 Å². The van der Waals surface area contributed by atoms with Gasteiger partial charge in [0.1, 0.15) is 6.04 Å². The fourth-order valence-electron chi connectivity index (χ4n) is 3.15. The molecule has 1 aromatic heterocycles. The monoisotopic (exact) mass is 336 g/mol. The molecule has 1 atom stereocenters. The Balaban J connectivity index is 1.92. The quantitative estimate of drug-likeness (QED) is 0.720. The van der Waals surface area contributed by atoms with E-state index in [1.165, 1.54) is 11.1 Å². The van der Waals surface area contributed by atoms with Crippen LogP contribution in [0.5, 0.6) is 0 Å². The fourth-order valence-corrected chi connectivity index (χ4v) is 3.15. The molecule has 0 amide bonds. The zero-order valence-corrected chi connectivity index (χ0v) is 14.6. The van der Waals surface area contributed by atoms with E-state index in [-0.39, 0.29) is 0 Å². The van der Waals surface area contributed by atoms with Gasteiger partial charge in [-0.1, -0.05) is 56.3 Å². The Bertz CT molecular complexity index is 879. The van der Waals surface area contributed by atoms with E-state index in [4.69, 9.17) is 10.8 Å². The van der Waals surface area contributed by atoms with Gasteiger partial charge in [-0.05, 0) is 28.7 Å². The van der Waals surface area contributed by atoms with Crippen molar-refractivity contribution >= 4 is 16.9 Å². The van der Waals surface area contributed by atoms with Gasteiger partial charge in [0.05, 0.1) is 0 Å². The van der Waals surface area contributed by atoms with Gasteiger partial charge in [-0.2, -0.15) is 0 Å². The molecule has 3 rings (SSSR count). The van der Waals surface area contributed by atoms with Crippen LogP contribution in [-0.2, 0) is 17.8 Å². The Morgan fingerprint density at radius 1 is 1.12 bits per heavy atom. The molecule has 0 radical (unpaired) electrons. The number of hydrogen-bond acceptors (Lipinski definition) is 2. The molecule has 130 valence electrons. The summed E-state index contributed by atoms with van der Waals surface area (Å²) in [7, 11) is 0. The van der Waals surface area contributed by atoms with Gasteiger partial charge in [-0.15, -0.1) is 0 Å². The molecule has 4 heteroatoms. The van der Waals surface area contributed by atoms with Crippen LogP contribution in [0.3, 0.4) is 0 Å². The second-order valence-electron chi connectivity index (χ2n) is 6.84. The zero-order chi connectivity index (χ0) is 18.0. The minimum atomic E-state index is -0.971. The average Bonchev–Trinajstić information content (AvgIpc) is 2.93. The van der Waals surface area contributed by atoms with Crippen molar-refractivity contribution in [3.05, 3.63) is 71.4 Å². The number of carbonyl (C=O) groups is 1. The van der Waals surface area contributed by atoms with Gasteiger partial charge in [0.15, 0.2) is 0 Å². The Hall–Kier alpha value is -2.59. The van der Waals surface area contributed by atoms with Crippen LogP contribution in [0.2, 0.25) is 0 Å². The highest BCUT2D eigenvalue weighted by Crippen LogP contribution is 2.24. The SMILES string of the molecule is CC(C)c1ccc(Cn2cc(C[C@H](N)C(=O)O)c3ccccc32)cc1. The van der Waals surface area contributed by atoms with Crippen LogP contribution in [0.4, 0.5) is 0 Å².